The van der Waals surface area contributed by atoms with Gasteiger partial charge in [0.25, 0.3) is 0 Å². The number of benzene rings is 1. The second kappa shape index (κ2) is 7.88. The summed E-state index contributed by atoms with van der Waals surface area (Å²) in [7, 11) is 0. The maximum absolute atomic E-state index is 13.0. The summed E-state index contributed by atoms with van der Waals surface area (Å²) < 4.78 is 2.32. The van der Waals surface area contributed by atoms with Gasteiger partial charge < -0.3 is 9.88 Å². The fourth-order valence-corrected chi connectivity index (χ4v) is 4.71. The van der Waals surface area contributed by atoms with Gasteiger partial charge in [0.2, 0.25) is 5.91 Å². The van der Waals surface area contributed by atoms with Crippen LogP contribution < -0.4 is 10.6 Å². The van der Waals surface area contributed by atoms with Crippen LogP contribution in [0.25, 0.3) is 10.9 Å². The molecule has 2 aromatic heterocycles. The third kappa shape index (κ3) is 3.86. The van der Waals surface area contributed by atoms with Gasteiger partial charge in [0.1, 0.15) is 0 Å². The van der Waals surface area contributed by atoms with E-state index in [1.807, 2.05) is 18.5 Å². The molecule has 1 aromatic carbocycles. The molecule has 3 aromatic rings. The first kappa shape index (κ1) is 19.3. The Morgan fingerprint density at radius 3 is 2.87 bits per heavy atom. The Balaban J connectivity index is 1.56. The van der Waals surface area contributed by atoms with E-state index in [9.17, 15) is 4.79 Å². The van der Waals surface area contributed by atoms with Crippen molar-refractivity contribution in [3.8, 4) is 0 Å². The van der Waals surface area contributed by atoms with Crippen LogP contribution in [0.3, 0.4) is 0 Å². The summed E-state index contributed by atoms with van der Waals surface area (Å²) >= 11 is 0. The first-order valence-corrected chi connectivity index (χ1v) is 11.1. The number of carbonyl (C=O) groups is 1. The van der Waals surface area contributed by atoms with Gasteiger partial charge in [-0.3, -0.25) is 15.1 Å². The molecule has 0 bridgehead atoms. The molecule has 2 aliphatic rings. The topological polar surface area (TPSA) is 59.0 Å². The van der Waals surface area contributed by atoms with Crippen LogP contribution in [0.1, 0.15) is 55.8 Å². The molecule has 0 saturated heterocycles. The maximum atomic E-state index is 13.0. The van der Waals surface area contributed by atoms with Crippen molar-refractivity contribution in [2.24, 2.45) is 5.92 Å². The lowest BCUT2D eigenvalue weighted by molar-refractivity contribution is -0.123. The first-order valence-electron chi connectivity index (χ1n) is 11.1. The molecule has 3 heterocycles. The minimum absolute atomic E-state index is 0.146. The zero-order chi connectivity index (χ0) is 20.7. The summed E-state index contributed by atoms with van der Waals surface area (Å²) in [4.78, 5) is 17.3. The standard InChI is InChI=1S/C25H30N4O/c1-16(2)11-21-20-6-3-7-23-24(20)18(12-22(28-21)25(30)27-19-8-9-19)15-29(23)14-17-5-4-10-26-13-17/h3-7,10,13,15-16,19,21-22,28H,8-9,11-12,14H2,1-2H3,(H,27,30). The van der Waals surface area contributed by atoms with Gasteiger partial charge in [-0.15, -0.1) is 0 Å². The number of carbonyl (C=O) groups excluding carboxylic acids is 1. The molecule has 5 heteroatoms. The average Bonchev–Trinajstić information content (AvgIpc) is 3.50. The Labute approximate surface area is 177 Å². The van der Waals surface area contributed by atoms with E-state index in [0.717, 1.165) is 32.2 Å². The molecular formula is C25H30N4O. The van der Waals surface area contributed by atoms with Gasteiger partial charge in [0, 0.05) is 48.1 Å². The third-order valence-corrected chi connectivity index (χ3v) is 6.24. The largest absolute Gasteiger partial charge is 0.352 e. The predicted molar refractivity (Wildman–Crippen MR) is 119 cm³/mol. The minimum Gasteiger partial charge on any atom is -0.352 e. The molecule has 30 heavy (non-hydrogen) atoms. The number of nitrogens with one attached hydrogen (secondary N) is 2. The molecule has 5 nitrogen and oxygen atoms in total. The number of nitrogens with zero attached hydrogens (tertiary/aromatic N) is 2. The Bertz CT molecular complexity index is 1050. The van der Waals surface area contributed by atoms with Gasteiger partial charge in [-0.25, -0.2) is 0 Å². The number of hydrogen-bond acceptors (Lipinski definition) is 3. The van der Waals surface area contributed by atoms with Crippen LogP contribution in [0.15, 0.2) is 48.9 Å². The number of amides is 1. The molecule has 5 rings (SSSR count). The van der Waals surface area contributed by atoms with Crippen molar-refractivity contribution in [1.29, 1.82) is 0 Å². The van der Waals surface area contributed by atoms with Gasteiger partial charge in [-0.2, -0.15) is 0 Å². The molecular weight excluding hydrogens is 372 g/mol. The van der Waals surface area contributed by atoms with E-state index < -0.39 is 0 Å². The van der Waals surface area contributed by atoms with E-state index >= 15 is 0 Å². The molecule has 1 amide bonds. The van der Waals surface area contributed by atoms with Crippen LogP contribution in [-0.2, 0) is 17.8 Å². The molecule has 1 saturated carbocycles. The van der Waals surface area contributed by atoms with Crippen molar-refractivity contribution in [2.75, 3.05) is 0 Å². The zero-order valence-corrected chi connectivity index (χ0v) is 17.8. The molecule has 0 spiro atoms. The van der Waals surface area contributed by atoms with Crippen LogP contribution in [0, 0.1) is 5.92 Å². The summed E-state index contributed by atoms with van der Waals surface area (Å²) in [6.07, 6.45) is 9.94. The number of pyridine rings is 1. The van der Waals surface area contributed by atoms with Gasteiger partial charge in [-0.05, 0) is 60.4 Å². The van der Waals surface area contributed by atoms with Crippen LogP contribution >= 0.6 is 0 Å². The van der Waals surface area contributed by atoms with Crippen LogP contribution in [-0.4, -0.2) is 27.5 Å². The molecule has 2 atom stereocenters. The van der Waals surface area contributed by atoms with Gasteiger partial charge in [0.15, 0.2) is 0 Å². The van der Waals surface area contributed by atoms with Gasteiger partial charge >= 0.3 is 0 Å². The van der Waals surface area contributed by atoms with Crippen molar-refractivity contribution < 1.29 is 4.79 Å². The van der Waals surface area contributed by atoms with Crippen molar-refractivity contribution >= 4 is 16.8 Å². The number of aromatic nitrogens is 2. The highest BCUT2D eigenvalue weighted by atomic mass is 16.2. The molecule has 0 radical (unpaired) electrons. The Morgan fingerprint density at radius 2 is 2.13 bits per heavy atom. The smallest absolute Gasteiger partial charge is 0.237 e. The normalized spacial score (nSPS) is 21.0. The first-order chi connectivity index (χ1) is 14.6. The SMILES string of the molecule is CC(C)CC1NC(C(=O)NC2CC2)Cc2cn(Cc3cccnc3)c3cccc1c23. The highest BCUT2D eigenvalue weighted by molar-refractivity contribution is 5.90. The van der Waals surface area contributed by atoms with Crippen molar-refractivity contribution in [2.45, 2.75) is 64.2 Å². The Kier molecular flexibility index (Phi) is 5.07. The fraction of sp³-hybridized carbons (Fsp3) is 0.440. The second-order valence-electron chi connectivity index (χ2n) is 9.27. The molecule has 2 unspecified atom stereocenters. The molecule has 1 fully saturated rings. The Hall–Kier alpha value is -2.66. The van der Waals surface area contributed by atoms with Crippen molar-refractivity contribution in [3.05, 3.63) is 65.6 Å². The lowest BCUT2D eigenvalue weighted by atomic mass is 9.94. The highest BCUT2D eigenvalue weighted by Gasteiger charge is 2.33. The van der Waals surface area contributed by atoms with E-state index in [0.29, 0.717) is 12.0 Å². The average molecular weight is 403 g/mol. The molecule has 1 aliphatic carbocycles. The monoisotopic (exact) mass is 402 g/mol. The van der Waals surface area contributed by atoms with E-state index in [1.54, 1.807) is 0 Å². The van der Waals surface area contributed by atoms with E-state index in [1.165, 1.54) is 27.6 Å². The number of hydrogen-bond donors (Lipinski definition) is 2. The van der Waals surface area contributed by atoms with Crippen LogP contribution in [0.2, 0.25) is 0 Å². The summed E-state index contributed by atoms with van der Waals surface area (Å²) in [5.41, 5.74) is 5.01. The van der Waals surface area contributed by atoms with Gasteiger partial charge in [-0.1, -0.05) is 32.0 Å². The van der Waals surface area contributed by atoms with Crippen LogP contribution in [0.4, 0.5) is 0 Å². The summed E-state index contributed by atoms with van der Waals surface area (Å²) in [5, 5.41) is 8.25. The minimum atomic E-state index is -0.195. The predicted octanol–water partition coefficient (Wildman–Crippen LogP) is 3.96. The van der Waals surface area contributed by atoms with Gasteiger partial charge in [0.05, 0.1) is 6.04 Å². The maximum Gasteiger partial charge on any atom is 0.237 e. The quantitative estimate of drug-likeness (QED) is 0.656. The zero-order valence-electron chi connectivity index (χ0n) is 17.8. The lowest BCUT2D eigenvalue weighted by Crippen LogP contribution is -2.47. The summed E-state index contributed by atoms with van der Waals surface area (Å²) in [6, 6.07) is 11.1. The van der Waals surface area contributed by atoms with E-state index in [2.05, 4.69) is 64.5 Å². The van der Waals surface area contributed by atoms with Crippen molar-refractivity contribution in [3.63, 3.8) is 0 Å². The third-order valence-electron chi connectivity index (χ3n) is 6.24. The fourth-order valence-electron chi connectivity index (χ4n) is 4.71. The Morgan fingerprint density at radius 1 is 1.27 bits per heavy atom. The summed E-state index contributed by atoms with van der Waals surface area (Å²) in [5.74, 6) is 0.691. The molecule has 2 N–H and O–H groups in total. The second-order valence-corrected chi connectivity index (χ2v) is 9.27. The van der Waals surface area contributed by atoms with E-state index in [4.69, 9.17) is 0 Å². The lowest BCUT2D eigenvalue weighted by Gasteiger charge is -2.25. The highest BCUT2D eigenvalue weighted by Crippen LogP contribution is 2.36. The number of rotatable bonds is 6. The van der Waals surface area contributed by atoms with Crippen molar-refractivity contribution in [1.82, 2.24) is 20.2 Å². The van der Waals surface area contributed by atoms with E-state index in [-0.39, 0.29) is 18.0 Å². The molecule has 1 aliphatic heterocycles. The summed E-state index contributed by atoms with van der Waals surface area (Å²) in [6.45, 7) is 5.29. The van der Waals surface area contributed by atoms with Crippen LogP contribution in [0.5, 0.6) is 0 Å². The molecule has 156 valence electrons.